The van der Waals surface area contributed by atoms with E-state index in [4.69, 9.17) is 11.6 Å². The fraction of sp³-hybridized carbons (Fsp3) is 0.250. The predicted octanol–water partition coefficient (Wildman–Crippen LogP) is 3.44. The van der Waals surface area contributed by atoms with Gasteiger partial charge in [0, 0.05) is 22.7 Å². The van der Waals surface area contributed by atoms with Crippen molar-refractivity contribution in [2.45, 2.75) is 18.9 Å². The van der Waals surface area contributed by atoms with Gasteiger partial charge < -0.3 is 5.32 Å². The Bertz CT molecular complexity index is 548. The first-order valence-corrected chi connectivity index (χ1v) is 5.87. The van der Waals surface area contributed by atoms with Crippen molar-refractivity contribution in [3.63, 3.8) is 0 Å². The minimum atomic E-state index is -0.309. The molecular weight excluding hydrogens is 241 g/mol. The largest absolute Gasteiger partial charge is 0.366 e. The molecule has 0 atom stereocenters. The highest BCUT2D eigenvalue weighted by Crippen LogP contribution is 2.28. The SMILES string of the molecule is Fc1ccc(Cl)cc1-c1cc(NC2CC2)n[nH]1. The zero-order valence-electron chi connectivity index (χ0n) is 9.00. The van der Waals surface area contributed by atoms with Crippen molar-refractivity contribution in [2.75, 3.05) is 5.32 Å². The minimum absolute atomic E-state index is 0.309. The van der Waals surface area contributed by atoms with Crippen molar-refractivity contribution < 1.29 is 4.39 Å². The molecule has 0 saturated heterocycles. The van der Waals surface area contributed by atoms with Gasteiger partial charge in [0.1, 0.15) is 11.6 Å². The fourth-order valence-corrected chi connectivity index (χ4v) is 1.85. The molecule has 0 unspecified atom stereocenters. The van der Waals surface area contributed by atoms with Crippen LogP contribution < -0.4 is 5.32 Å². The average molecular weight is 252 g/mol. The molecule has 5 heteroatoms. The fourth-order valence-electron chi connectivity index (χ4n) is 1.67. The summed E-state index contributed by atoms with van der Waals surface area (Å²) in [6.07, 6.45) is 2.35. The first-order chi connectivity index (χ1) is 8.22. The van der Waals surface area contributed by atoms with E-state index in [9.17, 15) is 4.39 Å². The molecule has 2 N–H and O–H groups in total. The smallest absolute Gasteiger partial charge is 0.148 e. The third kappa shape index (κ3) is 2.26. The molecule has 0 aliphatic heterocycles. The van der Waals surface area contributed by atoms with Crippen molar-refractivity contribution >= 4 is 17.4 Å². The Labute approximate surface area is 103 Å². The highest BCUT2D eigenvalue weighted by atomic mass is 35.5. The van der Waals surface area contributed by atoms with E-state index in [1.807, 2.05) is 0 Å². The molecule has 1 fully saturated rings. The maximum atomic E-state index is 13.6. The van der Waals surface area contributed by atoms with Gasteiger partial charge in [-0.3, -0.25) is 5.10 Å². The summed E-state index contributed by atoms with van der Waals surface area (Å²) in [5.74, 6) is 0.442. The number of benzene rings is 1. The number of rotatable bonds is 3. The number of nitrogens with one attached hydrogen (secondary N) is 2. The van der Waals surface area contributed by atoms with Crippen molar-refractivity contribution in [3.05, 3.63) is 35.1 Å². The maximum Gasteiger partial charge on any atom is 0.148 e. The van der Waals surface area contributed by atoms with Gasteiger partial charge in [-0.25, -0.2) is 4.39 Å². The van der Waals surface area contributed by atoms with Crippen LogP contribution in [0.5, 0.6) is 0 Å². The first-order valence-electron chi connectivity index (χ1n) is 5.50. The molecule has 3 rings (SSSR count). The number of anilines is 1. The number of aromatic nitrogens is 2. The average Bonchev–Trinajstić information content (AvgIpc) is 2.99. The summed E-state index contributed by atoms with van der Waals surface area (Å²) in [6, 6.07) is 6.79. The number of H-pyrrole nitrogens is 1. The van der Waals surface area contributed by atoms with Crippen LogP contribution in [0.1, 0.15) is 12.8 Å². The van der Waals surface area contributed by atoms with Crippen LogP contribution in [0, 0.1) is 5.82 Å². The highest BCUT2D eigenvalue weighted by molar-refractivity contribution is 6.30. The highest BCUT2D eigenvalue weighted by Gasteiger charge is 2.22. The molecule has 17 heavy (non-hydrogen) atoms. The van der Waals surface area contributed by atoms with Crippen molar-refractivity contribution in [2.24, 2.45) is 0 Å². The molecule has 1 aliphatic carbocycles. The van der Waals surface area contributed by atoms with Gasteiger partial charge in [-0.05, 0) is 31.0 Å². The van der Waals surface area contributed by atoms with Crippen LogP contribution in [-0.2, 0) is 0 Å². The van der Waals surface area contributed by atoms with Gasteiger partial charge in [-0.1, -0.05) is 11.6 Å². The Morgan fingerprint density at radius 1 is 1.35 bits per heavy atom. The van der Waals surface area contributed by atoms with Crippen molar-refractivity contribution in [1.29, 1.82) is 0 Å². The summed E-state index contributed by atoms with van der Waals surface area (Å²) in [5, 5.41) is 10.7. The quantitative estimate of drug-likeness (QED) is 0.877. The topological polar surface area (TPSA) is 40.7 Å². The lowest BCUT2D eigenvalue weighted by Crippen LogP contribution is -2.00. The van der Waals surface area contributed by atoms with Gasteiger partial charge >= 0.3 is 0 Å². The van der Waals surface area contributed by atoms with Crippen molar-refractivity contribution in [3.8, 4) is 11.3 Å². The zero-order chi connectivity index (χ0) is 11.8. The Kier molecular flexibility index (Phi) is 2.52. The minimum Gasteiger partial charge on any atom is -0.366 e. The number of halogens is 2. The van der Waals surface area contributed by atoms with Crippen LogP contribution in [0.25, 0.3) is 11.3 Å². The van der Waals surface area contributed by atoms with Crippen LogP contribution in [-0.4, -0.2) is 16.2 Å². The Hall–Kier alpha value is -1.55. The lowest BCUT2D eigenvalue weighted by atomic mass is 10.1. The van der Waals surface area contributed by atoms with E-state index in [-0.39, 0.29) is 5.82 Å². The molecule has 1 aromatic carbocycles. The van der Waals surface area contributed by atoms with E-state index >= 15 is 0 Å². The summed E-state index contributed by atoms with van der Waals surface area (Å²) < 4.78 is 13.6. The van der Waals surface area contributed by atoms with Crippen LogP contribution >= 0.6 is 11.6 Å². The molecule has 0 spiro atoms. The molecule has 0 bridgehead atoms. The number of aromatic amines is 1. The molecule has 0 amide bonds. The third-order valence-electron chi connectivity index (χ3n) is 2.73. The summed E-state index contributed by atoms with van der Waals surface area (Å²) in [7, 11) is 0. The van der Waals surface area contributed by atoms with E-state index in [0.717, 1.165) is 5.82 Å². The zero-order valence-corrected chi connectivity index (χ0v) is 9.76. The van der Waals surface area contributed by atoms with Gasteiger partial charge in [0.2, 0.25) is 0 Å². The molecule has 3 nitrogen and oxygen atoms in total. The maximum absolute atomic E-state index is 13.6. The second kappa shape index (κ2) is 4.04. The van der Waals surface area contributed by atoms with Gasteiger partial charge in [-0.2, -0.15) is 5.10 Å². The van der Waals surface area contributed by atoms with E-state index in [1.165, 1.54) is 25.0 Å². The molecule has 1 aromatic heterocycles. The van der Waals surface area contributed by atoms with Gasteiger partial charge in [0.25, 0.3) is 0 Å². The summed E-state index contributed by atoms with van der Waals surface area (Å²) >= 11 is 5.85. The van der Waals surface area contributed by atoms with E-state index < -0.39 is 0 Å². The lowest BCUT2D eigenvalue weighted by Gasteiger charge is -2.00. The van der Waals surface area contributed by atoms with Crippen LogP contribution in [0.4, 0.5) is 10.2 Å². The summed E-state index contributed by atoms with van der Waals surface area (Å²) in [6.45, 7) is 0. The van der Waals surface area contributed by atoms with Gasteiger partial charge in [0.05, 0.1) is 5.69 Å². The van der Waals surface area contributed by atoms with E-state index in [0.29, 0.717) is 22.3 Å². The monoisotopic (exact) mass is 251 g/mol. The number of hydrogen-bond acceptors (Lipinski definition) is 2. The molecule has 1 aliphatic rings. The lowest BCUT2D eigenvalue weighted by molar-refractivity contribution is 0.630. The van der Waals surface area contributed by atoms with Gasteiger partial charge in [0.15, 0.2) is 0 Å². The Morgan fingerprint density at radius 3 is 2.94 bits per heavy atom. The summed E-state index contributed by atoms with van der Waals surface area (Å²) in [5.41, 5.74) is 1.07. The molecule has 2 aromatic rings. The van der Waals surface area contributed by atoms with E-state index in [2.05, 4.69) is 15.5 Å². The Morgan fingerprint density at radius 2 is 2.18 bits per heavy atom. The van der Waals surface area contributed by atoms with Crippen LogP contribution in [0.2, 0.25) is 5.02 Å². The first kappa shape index (κ1) is 10.6. The summed E-state index contributed by atoms with van der Waals surface area (Å²) in [4.78, 5) is 0. The predicted molar refractivity (Wildman–Crippen MR) is 65.6 cm³/mol. The molecular formula is C12H11ClFN3. The normalized spacial score (nSPS) is 14.9. The third-order valence-corrected chi connectivity index (χ3v) is 2.96. The number of hydrogen-bond donors (Lipinski definition) is 2. The van der Waals surface area contributed by atoms with Crippen molar-refractivity contribution in [1.82, 2.24) is 10.2 Å². The van der Waals surface area contributed by atoms with E-state index in [1.54, 1.807) is 12.1 Å². The molecule has 0 radical (unpaired) electrons. The second-order valence-electron chi connectivity index (χ2n) is 4.21. The molecule has 88 valence electrons. The molecule has 1 heterocycles. The van der Waals surface area contributed by atoms with Crippen LogP contribution in [0.15, 0.2) is 24.3 Å². The second-order valence-corrected chi connectivity index (χ2v) is 4.65. The number of nitrogens with zero attached hydrogens (tertiary/aromatic N) is 1. The van der Waals surface area contributed by atoms with Gasteiger partial charge in [-0.15, -0.1) is 0 Å². The van der Waals surface area contributed by atoms with Crippen LogP contribution in [0.3, 0.4) is 0 Å². The molecule has 1 saturated carbocycles. The standard InChI is InChI=1S/C12H11ClFN3/c13-7-1-4-10(14)9(5-7)11-6-12(17-16-11)15-8-2-3-8/h1,4-6,8H,2-3H2,(H2,15,16,17). The Balaban J connectivity index is 1.91.